The molecular formula is C69H92ClN9O11S3Si2. The number of nitrogens with one attached hydrogen (secondary N) is 3. The Balaban J connectivity index is 0.000000156. The van der Waals surface area contributed by atoms with Crippen LogP contribution < -0.4 is 35.9 Å². The number of nitrogens with two attached hydrogens (primary N) is 1. The van der Waals surface area contributed by atoms with Crippen LogP contribution in [0.1, 0.15) is 72.3 Å². The van der Waals surface area contributed by atoms with Crippen molar-refractivity contribution in [3.05, 3.63) is 142 Å². The molecule has 0 aliphatic heterocycles. The highest BCUT2D eigenvalue weighted by atomic mass is 35.5. The lowest BCUT2D eigenvalue weighted by Crippen LogP contribution is -2.22. The average Bonchev–Trinajstić information content (AvgIpc) is 1.70. The minimum Gasteiger partial charge on any atom is -0.496 e. The molecule has 4 aliphatic carbocycles. The number of ether oxygens (including phenoxy) is 5. The topological polar surface area (TPSA) is 259 Å². The third kappa shape index (κ3) is 21.0. The second-order valence-electron chi connectivity index (χ2n) is 27.3. The number of rotatable bonds is 26. The molecule has 95 heavy (non-hydrogen) atoms. The molecule has 5 heterocycles. The smallest absolute Gasteiger partial charge is 0.175 e. The summed E-state index contributed by atoms with van der Waals surface area (Å²) < 4.78 is 101. The van der Waals surface area contributed by atoms with Gasteiger partial charge in [-0.3, -0.25) is 4.98 Å². The highest BCUT2D eigenvalue weighted by molar-refractivity contribution is 7.91. The summed E-state index contributed by atoms with van der Waals surface area (Å²) in [5.41, 5.74) is 17.0. The molecule has 3 aromatic carbocycles. The minimum atomic E-state index is -3.31. The van der Waals surface area contributed by atoms with Crippen LogP contribution in [0.2, 0.25) is 56.5 Å². The number of methoxy groups -OCH3 is 3. The summed E-state index contributed by atoms with van der Waals surface area (Å²) in [5.74, 6) is 1.50. The molecule has 5 aromatic heterocycles. The fraction of sp³-hybridized carbons (Fsp3) is 0.435. The van der Waals surface area contributed by atoms with Gasteiger partial charge in [-0.05, 0) is 117 Å². The van der Waals surface area contributed by atoms with E-state index in [0.29, 0.717) is 72.5 Å². The van der Waals surface area contributed by atoms with E-state index in [-0.39, 0.29) is 14.7 Å². The van der Waals surface area contributed by atoms with Gasteiger partial charge in [0.2, 0.25) is 0 Å². The standard InChI is InChI=1S/C25H35N3O4SSi.C20H22N2O3S.C16H24ClN3OSi.C8H11NO3S/c1-31-24-16-21(33(2,29)30)9-6-18(24)14-20-15-23(26-19-7-8-19)22-10-11-28(25(22)27-20)17-32-12-13-34(3,4)5;1-25-20-12-16(26(2,23)24)9-6-13(20)10-15-11-19(21-14-7-8-14)17-4-3-5-18(17)22-15;1-22(2,3)9-8-21-11-20-7-6-13-14(18-12-4-5-12)10-15(17)19-16(13)20;1-12-8-5-6(13(2,10)11)3-4-7(8)9/h6,9-11,15-16,19H,7-8,12-14,17H2,1-5H3,(H,26,27);3-4,6,9,11-12,14H,5,7-8,10H2,1-2H3,(H,21,22);6-7,10,12H,4-5,8-9,11H2,1-3H3,(H,18,19);3-5H,9H2,1-2H3. The van der Waals surface area contributed by atoms with E-state index in [0.717, 1.165) is 99.3 Å². The first-order valence-electron chi connectivity index (χ1n) is 32.0. The maximum Gasteiger partial charge on any atom is 0.175 e. The van der Waals surface area contributed by atoms with Crippen LogP contribution in [0.5, 0.6) is 17.2 Å². The number of halogens is 1. The summed E-state index contributed by atoms with van der Waals surface area (Å²) in [4.78, 5) is 15.0. The maximum absolute atomic E-state index is 12.0. The van der Waals surface area contributed by atoms with Gasteiger partial charge in [-0.25, -0.2) is 35.2 Å². The molecule has 3 saturated carbocycles. The summed E-state index contributed by atoms with van der Waals surface area (Å²) in [6.07, 6.45) is 21.1. The first-order valence-corrected chi connectivity index (χ1v) is 45.5. The van der Waals surface area contributed by atoms with Gasteiger partial charge in [0, 0.05) is 160 Å². The van der Waals surface area contributed by atoms with E-state index in [1.165, 1.54) is 88.0 Å². The Hall–Kier alpha value is -6.98. The number of pyridine rings is 3. The van der Waals surface area contributed by atoms with Crippen LogP contribution in [-0.4, -0.2) is 137 Å². The van der Waals surface area contributed by atoms with E-state index in [9.17, 15) is 25.3 Å². The molecule has 0 saturated heterocycles. The number of aromatic nitrogens is 5. The summed E-state index contributed by atoms with van der Waals surface area (Å²) in [5, 5.41) is 13.5. The number of fused-ring (bicyclic) bond motifs is 3. The molecule has 3 fully saturated rings. The summed E-state index contributed by atoms with van der Waals surface area (Å²) >= 11 is 6.18. The van der Waals surface area contributed by atoms with Crippen molar-refractivity contribution in [3.8, 4) is 17.2 Å². The highest BCUT2D eigenvalue weighted by Gasteiger charge is 2.27. The third-order valence-corrected chi connectivity index (χ3v) is 23.2. The van der Waals surface area contributed by atoms with Crippen molar-refractivity contribution >= 4 is 108 Å². The number of allylic oxidation sites excluding steroid dienone is 1. The van der Waals surface area contributed by atoms with E-state index in [1.807, 2.05) is 35.2 Å². The Morgan fingerprint density at radius 1 is 0.537 bits per heavy atom. The summed E-state index contributed by atoms with van der Waals surface area (Å²) in [6.45, 7) is 16.7. The molecule has 0 amide bonds. The predicted molar refractivity (Wildman–Crippen MR) is 388 cm³/mol. The SMILES string of the molecule is COc1cc(S(C)(=O)=O)ccc1Cc1cc(NC2CC2)c2c(n1)CC=C2.COc1cc(S(C)(=O)=O)ccc1Cc1cc(NC2CC2)c2ccn(COCC[Si](C)(C)C)c2n1.COc1cc(S(C)(=O)=O)ccc1N.C[Si](C)(C)CCOCn1ccc2c(NC3CC3)cc(Cl)nc21. The predicted octanol–water partition coefficient (Wildman–Crippen LogP) is 13.4. The molecule has 26 heteroatoms. The normalized spacial score (nSPS) is 14.6. The summed E-state index contributed by atoms with van der Waals surface area (Å²) in [6, 6.07) is 28.7. The number of nitrogen functional groups attached to an aromatic ring is 1. The fourth-order valence-electron chi connectivity index (χ4n) is 10.3. The number of nitrogens with zero attached hydrogens (tertiary/aromatic N) is 5. The lowest BCUT2D eigenvalue weighted by Gasteiger charge is -2.16. The quantitative estimate of drug-likeness (QED) is 0.0170. The first-order chi connectivity index (χ1) is 44.8. The molecule has 0 atom stereocenters. The van der Waals surface area contributed by atoms with Gasteiger partial charge >= 0.3 is 0 Å². The molecule has 8 aromatic rings. The maximum atomic E-state index is 12.0. The zero-order valence-electron chi connectivity index (χ0n) is 56.6. The van der Waals surface area contributed by atoms with Crippen LogP contribution in [0.3, 0.4) is 0 Å². The van der Waals surface area contributed by atoms with Crippen LogP contribution in [-0.2, 0) is 71.7 Å². The molecule has 0 spiro atoms. The molecule has 5 N–H and O–H groups in total. The average molecular weight is 1410 g/mol. The molecule has 0 unspecified atom stereocenters. The van der Waals surface area contributed by atoms with Gasteiger partial charge in [-0.15, -0.1) is 0 Å². The highest BCUT2D eigenvalue weighted by Crippen LogP contribution is 2.37. The van der Waals surface area contributed by atoms with Crippen molar-refractivity contribution in [2.24, 2.45) is 0 Å². The fourth-order valence-corrected chi connectivity index (χ4v) is 13.9. The molecular weight excluding hydrogens is 1320 g/mol. The van der Waals surface area contributed by atoms with Gasteiger partial charge < -0.3 is 54.5 Å². The Kier molecular flexibility index (Phi) is 23.3. The van der Waals surface area contributed by atoms with Gasteiger partial charge in [0.15, 0.2) is 29.5 Å². The largest absolute Gasteiger partial charge is 0.496 e. The molecule has 4 aliphatic rings. The van der Waals surface area contributed by atoms with Crippen LogP contribution in [0.25, 0.3) is 28.1 Å². The summed E-state index contributed by atoms with van der Waals surface area (Å²) in [7, 11) is -7.37. The molecule has 0 bridgehead atoms. The molecule has 20 nitrogen and oxygen atoms in total. The minimum absolute atomic E-state index is 0.207. The Morgan fingerprint density at radius 3 is 1.39 bits per heavy atom. The van der Waals surface area contributed by atoms with Crippen molar-refractivity contribution in [2.75, 3.05) is 75.0 Å². The van der Waals surface area contributed by atoms with E-state index in [2.05, 4.69) is 101 Å². The lowest BCUT2D eigenvalue weighted by atomic mass is 10.1. The molecule has 0 radical (unpaired) electrons. The van der Waals surface area contributed by atoms with Crippen molar-refractivity contribution in [1.29, 1.82) is 0 Å². The van der Waals surface area contributed by atoms with Crippen LogP contribution in [0.15, 0.2) is 118 Å². The third-order valence-electron chi connectivity index (χ3n) is 16.3. The van der Waals surface area contributed by atoms with E-state index in [4.69, 9.17) is 51.0 Å². The van der Waals surface area contributed by atoms with E-state index < -0.39 is 45.7 Å². The Morgan fingerprint density at radius 2 is 0.947 bits per heavy atom. The monoisotopic (exact) mass is 1410 g/mol. The molecule has 512 valence electrons. The Labute approximate surface area is 567 Å². The number of anilines is 4. The molecule has 12 rings (SSSR count). The second-order valence-corrected chi connectivity index (χ2v) is 45.0. The second kappa shape index (κ2) is 30.6. The van der Waals surface area contributed by atoms with Crippen LogP contribution >= 0.6 is 11.6 Å². The van der Waals surface area contributed by atoms with Crippen molar-refractivity contribution in [1.82, 2.24) is 24.1 Å². The first kappa shape index (κ1) is 72.3. The van der Waals surface area contributed by atoms with Gasteiger partial charge in [-0.2, -0.15) is 0 Å². The Bertz CT molecular complexity index is 4430. The number of benzene rings is 3. The van der Waals surface area contributed by atoms with Gasteiger partial charge in [0.05, 0.1) is 47.4 Å². The van der Waals surface area contributed by atoms with Crippen LogP contribution in [0.4, 0.5) is 22.7 Å². The number of hydrogen-bond donors (Lipinski definition) is 4. The van der Waals surface area contributed by atoms with E-state index in [1.54, 1.807) is 38.5 Å². The zero-order chi connectivity index (χ0) is 68.6. The number of sulfone groups is 3. The van der Waals surface area contributed by atoms with Crippen LogP contribution in [0, 0.1) is 0 Å². The van der Waals surface area contributed by atoms with Crippen molar-refractivity contribution in [3.63, 3.8) is 0 Å². The van der Waals surface area contributed by atoms with Gasteiger partial charge in [0.1, 0.15) is 47.2 Å². The van der Waals surface area contributed by atoms with Crippen molar-refractivity contribution < 1.29 is 48.9 Å². The zero-order valence-corrected chi connectivity index (χ0v) is 61.8. The van der Waals surface area contributed by atoms with Gasteiger partial charge in [0.25, 0.3) is 0 Å². The van der Waals surface area contributed by atoms with E-state index >= 15 is 0 Å². The lowest BCUT2D eigenvalue weighted by molar-refractivity contribution is 0.0898. The van der Waals surface area contributed by atoms with Crippen molar-refractivity contribution in [2.45, 2.75) is 155 Å². The number of hydrogen-bond acceptors (Lipinski definition) is 18. The van der Waals surface area contributed by atoms with Gasteiger partial charge in [-0.1, -0.05) is 75.2 Å².